The highest BCUT2D eigenvalue weighted by Crippen LogP contribution is 2.27. The van der Waals surface area contributed by atoms with E-state index in [2.05, 4.69) is 16.5 Å². The lowest BCUT2D eigenvalue weighted by Crippen LogP contribution is -2.21. The molecule has 0 spiro atoms. The van der Waals surface area contributed by atoms with Gasteiger partial charge < -0.3 is 5.32 Å². The van der Waals surface area contributed by atoms with Crippen molar-refractivity contribution in [1.29, 1.82) is 0 Å². The molecule has 0 aliphatic heterocycles. The van der Waals surface area contributed by atoms with Gasteiger partial charge in [-0.2, -0.15) is 5.10 Å². The van der Waals surface area contributed by atoms with Crippen LogP contribution in [-0.2, 0) is 13.6 Å². The van der Waals surface area contributed by atoms with E-state index < -0.39 is 0 Å². The van der Waals surface area contributed by atoms with Crippen LogP contribution in [0.3, 0.4) is 0 Å². The molecule has 1 aromatic carbocycles. The number of benzene rings is 1. The van der Waals surface area contributed by atoms with Crippen molar-refractivity contribution in [3.05, 3.63) is 52.0 Å². The highest BCUT2D eigenvalue weighted by atomic mass is 32.1. The van der Waals surface area contributed by atoms with Gasteiger partial charge in [0.15, 0.2) is 0 Å². The van der Waals surface area contributed by atoms with Gasteiger partial charge in [-0.05, 0) is 25.5 Å². The van der Waals surface area contributed by atoms with E-state index in [1.54, 1.807) is 0 Å². The standard InChI is InChI=1S/C16H17N3OS/c1-10-5-4-6-12(7-10)9-17-15(20)14-8-13-11(2)18-19(3)16(13)21-14/h4-8H,9H2,1-3H3,(H,17,20). The molecule has 21 heavy (non-hydrogen) atoms. The van der Waals surface area contributed by atoms with Crippen LogP contribution in [0.1, 0.15) is 26.5 Å². The van der Waals surface area contributed by atoms with E-state index in [1.165, 1.54) is 16.9 Å². The Hall–Kier alpha value is -2.14. The largest absolute Gasteiger partial charge is 0.347 e. The van der Waals surface area contributed by atoms with E-state index >= 15 is 0 Å². The summed E-state index contributed by atoms with van der Waals surface area (Å²) in [6.45, 7) is 4.56. The van der Waals surface area contributed by atoms with Crippen molar-refractivity contribution in [1.82, 2.24) is 15.1 Å². The summed E-state index contributed by atoms with van der Waals surface area (Å²) in [5.41, 5.74) is 3.27. The maximum absolute atomic E-state index is 12.3. The van der Waals surface area contributed by atoms with Crippen LogP contribution in [0.4, 0.5) is 0 Å². The van der Waals surface area contributed by atoms with Gasteiger partial charge in [0.2, 0.25) is 0 Å². The summed E-state index contributed by atoms with van der Waals surface area (Å²) in [7, 11) is 1.90. The van der Waals surface area contributed by atoms with Crippen LogP contribution in [0.5, 0.6) is 0 Å². The molecule has 0 fully saturated rings. The molecule has 3 aromatic rings. The normalized spacial score (nSPS) is 11.0. The molecule has 4 nitrogen and oxygen atoms in total. The smallest absolute Gasteiger partial charge is 0.261 e. The molecule has 0 aliphatic carbocycles. The molecule has 0 aliphatic rings. The number of carbonyl (C=O) groups is 1. The fourth-order valence-corrected chi connectivity index (χ4v) is 3.45. The van der Waals surface area contributed by atoms with Crippen molar-refractivity contribution in [3.63, 3.8) is 0 Å². The number of nitrogens with zero attached hydrogens (tertiary/aromatic N) is 2. The second-order valence-electron chi connectivity index (χ2n) is 5.21. The molecule has 3 rings (SSSR count). The highest BCUT2D eigenvalue weighted by Gasteiger charge is 2.14. The molecule has 0 atom stereocenters. The van der Waals surface area contributed by atoms with Gasteiger partial charge >= 0.3 is 0 Å². The number of rotatable bonds is 3. The van der Waals surface area contributed by atoms with Crippen LogP contribution in [0.25, 0.3) is 10.2 Å². The Bertz CT molecular complexity index is 782. The lowest BCUT2D eigenvalue weighted by molar-refractivity contribution is 0.0955. The van der Waals surface area contributed by atoms with Crippen molar-refractivity contribution in [2.45, 2.75) is 20.4 Å². The van der Waals surface area contributed by atoms with E-state index in [-0.39, 0.29) is 5.91 Å². The van der Waals surface area contributed by atoms with Gasteiger partial charge in [0, 0.05) is 19.0 Å². The molecule has 5 heteroatoms. The maximum atomic E-state index is 12.3. The van der Waals surface area contributed by atoms with E-state index in [0.29, 0.717) is 6.54 Å². The third kappa shape index (κ3) is 2.69. The molecule has 0 saturated heterocycles. The molecule has 2 aromatic heterocycles. The fourth-order valence-electron chi connectivity index (χ4n) is 2.41. The molecular formula is C16H17N3OS. The summed E-state index contributed by atoms with van der Waals surface area (Å²) in [5, 5.41) is 8.38. The third-order valence-corrected chi connectivity index (χ3v) is 4.66. The van der Waals surface area contributed by atoms with Gasteiger partial charge in [-0.15, -0.1) is 11.3 Å². The number of aromatic nitrogens is 2. The third-order valence-electron chi connectivity index (χ3n) is 3.46. The molecule has 0 bridgehead atoms. The SMILES string of the molecule is Cc1cccc(CNC(=O)c2cc3c(C)nn(C)c3s2)c1. The number of thiophene rings is 1. The Labute approximate surface area is 127 Å². The fraction of sp³-hybridized carbons (Fsp3) is 0.250. The first-order valence-corrected chi connectivity index (χ1v) is 7.63. The summed E-state index contributed by atoms with van der Waals surface area (Å²) in [5.74, 6) is -0.0305. The van der Waals surface area contributed by atoms with E-state index in [0.717, 1.165) is 26.4 Å². The second kappa shape index (κ2) is 5.33. The zero-order valence-electron chi connectivity index (χ0n) is 12.3. The zero-order chi connectivity index (χ0) is 15.0. The Kier molecular flexibility index (Phi) is 3.51. The topological polar surface area (TPSA) is 46.9 Å². The van der Waals surface area contributed by atoms with Crippen LogP contribution in [0, 0.1) is 13.8 Å². The summed E-state index contributed by atoms with van der Waals surface area (Å²) in [6.07, 6.45) is 0. The number of hydrogen-bond acceptors (Lipinski definition) is 3. The molecule has 1 N–H and O–H groups in total. The van der Waals surface area contributed by atoms with Crippen molar-refractivity contribution in [2.75, 3.05) is 0 Å². The first-order chi connectivity index (χ1) is 10.0. The van der Waals surface area contributed by atoms with Gasteiger partial charge in [-0.25, -0.2) is 0 Å². The number of amides is 1. The number of carbonyl (C=O) groups excluding carboxylic acids is 1. The van der Waals surface area contributed by atoms with Crippen molar-refractivity contribution >= 4 is 27.5 Å². The van der Waals surface area contributed by atoms with Gasteiger partial charge in [-0.3, -0.25) is 9.48 Å². The molecular weight excluding hydrogens is 282 g/mol. The van der Waals surface area contributed by atoms with Gasteiger partial charge in [0.1, 0.15) is 4.83 Å². The van der Waals surface area contributed by atoms with Crippen molar-refractivity contribution in [3.8, 4) is 0 Å². The average molecular weight is 299 g/mol. The summed E-state index contributed by atoms with van der Waals surface area (Å²) >= 11 is 1.48. The van der Waals surface area contributed by atoms with E-state index in [9.17, 15) is 4.79 Å². The molecule has 0 unspecified atom stereocenters. The van der Waals surface area contributed by atoms with Gasteiger partial charge in [0.05, 0.1) is 10.6 Å². The predicted octanol–water partition coefficient (Wildman–Crippen LogP) is 3.18. The van der Waals surface area contributed by atoms with Crippen LogP contribution in [0.15, 0.2) is 30.3 Å². The highest BCUT2D eigenvalue weighted by molar-refractivity contribution is 7.20. The Morgan fingerprint density at radius 2 is 2.14 bits per heavy atom. The summed E-state index contributed by atoms with van der Waals surface area (Å²) in [6, 6.07) is 10.1. The first kappa shape index (κ1) is 13.8. The average Bonchev–Trinajstić information content (AvgIpc) is 2.99. The minimum atomic E-state index is -0.0305. The number of fused-ring (bicyclic) bond motifs is 1. The lowest BCUT2D eigenvalue weighted by atomic mass is 10.1. The molecule has 0 saturated carbocycles. The monoisotopic (exact) mass is 299 g/mol. The number of hydrogen-bond donors (Lipinski definition) is 1. The number of aryl methyl sites for hydroxylation is 3. The predicted molar refractivity (Wildman–Crippen MR) is 85.7 cm³/mol. The molecule has 2 heterocycles. The summed E-state index contributed by atoms with van der Waals surface area (Å²) in [4.78, 5) is 14.0. The molecule has 108 valence electrons. The Morgan fingerprint density at radius 3 is 2.86 bits per heavy atom. The zero-order valence-corrected chi connectivity index (χ0v) is 13.1. The minimum Gasteiger partial charge on any atom is -0.347 e. The Balaban J connectivity index is 1.76. The maximum Gasteiger partial charge on any atom is 0.261 e. The van der Waals surface area contributed by atoms with Gasteiger partial charge in [0.25, 0.3) is 5.91 Å². The Morgan fingerprint density at radius 1 is 1.33 bits per heavy atom. The van der Waals surface area contributed by atoms with Crippen molar-refractivity contribution < 1.29 is 4.79 Å². The van der Waals surface area contributed by atoms with E-state index in [4.69, 9.17) is 0 Å². The van der Waals surface area contributed by atoms with Crippen LogP contribution in [-0.4, -0.2) is 15.7 Å². The molecule has 0 radical (unpaired) electrons. The quantitative estimate of drug-likeness (QED) is 0.807. The van der Waals surface area contributed by atoms with Crippen LogP contribution < -0.4 is 5.32 Å². The van der Waals surface area contributed by atoms with Crippen LogP contribution in [0.2, 0.25) is 0 Å². The number of nitrogens with one attached hydrogen (secondary N) is 1. The second-order valence-corrected chi connectivity index (χ2v) is 6.24. The first-order valence-electron chi connectivity index (χ1n) is 6.81. The van der Waals surface area contributed by atoms with Crippen molar-refractivity contribution in [2.24, 2.45) is 7.05 Å². The van der Waals surface area contributed by atoms with Gasteiger partial charge in [-0.1, -0.05) is 29.8 Å². The molecule has 1 amide bonds. The van der Waals surface area contributed by atoms with Crippen LogP contribution >= 0.6 is 11.3 Å². The van der Waals surface area contributed by atoms with E-state index in [1.807, 2.05) is 49.8 Å². The lowest BCUT2D eigenvalue weighted by Gasteiger charge is -2.04. The summed E-state index contributed by atoms with van der Waals surface area (Å²) < 4.78 is 1.83. The minimum absolute atomic E-state index is 0.0305.